The van der Waals surface area contributed by atoms with E-state index in [4.69, 9.17) is 5.73 Å². The standard InChI is InChI=1S/C16H18N4/c1-20-12(8-11-19-20)6-7-15(17)13-9-10-18-16-5-3-2-4-14(13)16/h2-5,8-11,15H,6-7,17H2,1H3. The van der Waals surface area contributed by atoms with Crippen LogP contribution in [0, 0.1) is 0 Å². The zero-order valence-electron chi connectivity index (χ0n) is 11.5. The van der Waals surface area contributed by atoms with Crippen molar-refractivity contribution in [2.24, 2.45) is 12.8 Å². The second-order valence-corrected chi connectivity index (χ2v) is 5.01. The molecular formula is C16H18N4. The van der Waals surface area contributed by atoms with Crippen LogP contribution in [-0.2, 0) is 13.5 Å². The molecule has 0 bridgehead atoms. The highest BCUT2D eigenvalue weighted by Gasteiger charge is 2.11. The maximum absolute atomic E-state index is 6.37. The number of nitrogens with zero attached hydrogens (tertiary/aromatic N) is 3. The monoisotopic (exact) mass is 266 g/mol. The number of para-hydroxylation sites is 1. The van der Waals surface area contributed by atoms with Crippen LogP contribution < -0.4 is 5.73 Å². The summed E-state index contributed by atoms with van der Waals surface area (Å²) in [5, 5.41) is 5.33. The molecule has 0 radical (unpaired) electrons. The summed E-state index contributed by atoms with van der Waals surface area (Å²) in [4.78, 5) is 4.38. The third-order valence-electron chi connectivity index (χ3n) is 3.72. The molecule has 1 aromatic carbocycles. The van der Waals surface area contributed by atoms with Gasteiger partial charge in [-0.1, -0.05) is 18.2 Å². The van der Waals surface area contributed by atoms with Gasteiger partial charge < -0.3 is 5.73 Å². The number of nitrogens with two attached hydrogens (primary N) is 1. The Morgan fingerprint density at radius 2 is 2.00 bits per heavy atom. The quantitative estimate of drug-likeness (QED) is 0.789. The van der Waals surface area contributed by atoms with E-state index in [1.165, 1.54) is 5.69 Å². The van der Waals surface area contributed by atoms with Gasteiger partial charge in [-0.3, -0.25) is 9.67 Å². The predicted octanol–water partition coefficient (Wildman–Crippen LogP) is 2.60. The molecule has 0 amide bonds. The molecule has 0 spiro atoms. The number of fused-ring (bicyclic) bond motifs is 1. The third-order valence-corrected chi connectivity index (χ3v) is 3.72. The molecule has 0 fully saturated rings. The highest BCUT2D eigenvalue weighted by Crippen LogP contribution is 2.24. The van der Waals surface area contributed by atoms with Gasteiger partial charge in [-0.15, -0.1) is 0 Å². The van der Waals surface area contributed by atoms with Crippen LogP contribution in [0.15, 0.2) is 48.8 Å². The van der Waals surface area contributed by atoms with Crippen molar-refractivity contribution in [1.82, 2.24) is 14.8 Å². The smallest absolute Gasteiger partial charge is 0.0705 e. The molecule has 4 nitrogen and oxygen atoms in total. The zero-order chi connectivity index (χ0) is 13.9. The van der Waals surface area contributed by atoms with E-state index < -0.39 is 0 Å². The van der Waals surface area contributed by atoms with Crippen molar-refractivity contribution in [1.29, 1.82) is 0 Å². The van der Waals surface area contributed by atoms with E-state index in [2.05, 4.69) is 16.1 Å². The van der Waals surface area contributed by atoms with Crippen molar-refractivity contribution in [3.8, 4) is 0 Å². The van der Waals surface area contributed by atoms with Gasteiger partial charge in [0.2, 0.25) is 0 Å². The molecule has 0 aliphatic heterocycles. The minimum Gasteiger partial charge on any atom is -0.324 e. The largest absolute Gasteiger partial charge is 0.324 e. The Bertz CT molecular complexity index is 712. The minimum atomic E-state index is 0.0119. The van der Waals surface area contributed by atoms with Gasteiger partial charge in [-0.2, -0.15) is 5.10 Å². The number of hydrogen-bond acceptors (Lipinski definition) is 3. The molecular weight excluding hydrogens is 248 g/mol. The maximum atomic E-state index is 6.37. The summed E-state index contributed by atoms with van der Waals surface area (Å²) < 4.78 is 1.90. The molecule has 1 unspecified atom stereocenters. The Hall–Kier alpha value is -2.20. The number of benzene rings is 1. The summed E-state index contributed by atoms with van der Waals surface area (Å²) in [6.07, 6.45) is 5.48. The Labute approximate surface area is 118 Å². The second-order valence-electron chi connectivity index (χ2n) is 5.01. The van der Waals surface area contributed by atoms with Crippen LogP contribution in [0.3, 0.4) is 0 Å². The molecule has 2 heterocycles. The summed E-state index contributed by atoms with van der Waals surface area (Å²) in [5.74, 6) is 0. The maximum Gasteiger partial charge on any atom is 0.0705 e. The molecule has 2 N–H and O–H groups in total. The predicted molar refractivity (Wildman–Crippen MR) is 80.2 cm³/mol. The zero-order valence-corrected chi connectivity index (χ0v) is 11.5. The van der Waals surface area contributed by atoms with E-state index in [9.17, 15) is 0 Å². The molecule has 0 saturated heterocycles. The molecule has 4 heteroatoms. The first-order valence-corrected chi connectivity index (χ1v) is 6.82. The first kappa shape index (κ1) is 12.8. The lowest BCUT2D eigenvalue weighted by Gasteiger charge is -2.14. The molecule has 0 aliphatic carbocycles. The van der Waals surface area contributed by atoms with Crippen LogP contribution in [0.4, 0.5) is 0 Å². The van der Waals surface area contributed by atoms with Gasteiger partial charge in [0.25, 0.3) is 0 Å². The molecule has 0 saturated carbocycles. The first-order valence-electron chi connectivity index (χ1n) is 6.82. The number of hydrogen-bond donors (Lipinski definition) is 1. The normalized spacial score (nSPS) is 12.7. The molecule has 1 atom stereocenters. The third kappa shape index (κ3) is 2.42. The fourth-order valence-electron chi connectivity index (χ4n) is 2.55. The van der Waals surface area contributed by atoms with Gasteiger partial charge in [0, 0.05) is 36.6 Å². The number of pyridine rings is 1. The van der Waals surface area contributed by atoms with Crippen LogP contribution in [0.25, 0.3) is 10.9 Å². The molecule has 2 aromatic heterocycles. The molecule has 20 heavy (non-hydrogen) atoms. The lowest BCUT2D eigenvalue weighted by Crippen LogP contribution is -2.13. The van der Waals surface area contributed by atoms with Gasteiger partial charge in [-0.25, -0.2) is 0 Å². The highest BCUT2D eigenvalue weighted by molar-refractivity contribution is 5.82. The van der Waals surface area contributed by atoms with Crippen LogP contribution in [0.1, 0.15) is 23.7 Å². The second kappa shape index (κ2) is 5.43. The lowest BCUT2D eigenvalue weighted by molar-refractivity contribution is 0.616. The number of aromatic nitrogens is 3. The van der Waals surface area contributed by atoms with Gasteiger partial charge in [0.1, 0.15) is 0 Å². The van der Waals surface area contributed by atoms with Gasteiger partial charge >= 0.3 is 0 Å². The average Bonchev–Trinajstić information content (AvgIpc) is 2.89. The highest BCUT2D eigenvalue weighted by atomic mass is 15.2. The summed E-state index contributed by atoms with van der Waals surface area (Å²) in [6, 6.07) is 12.2. The van der Waals surface area contributed by atoms with E-state index in [1.807, 2.05) is 54.5 Å². The SMILES string of the molecule is Cn1nccc1CCC(N)c1ccnc2ccccc12. The van der Waals surface area contributed by atoms with Gasteiger partial charge in [-0.05, 0) is 36.6 Å². The summed E-state index contributed by atoms with van der Waals surface area (Å²) in [7, 11) is 1.96. The Morgan fingerprint density at radius 1 is 1.15 bits per heavy atom. The number of rotatable bonds is 4. The lowest BCUT2D eigenvalue weighted by atomic mass is 9.98. The van der Waals surface area contributed by atoms with Crippen LogP contribution >= 0.6 is 0 Å². The van der Waals surface area contributed by atoms with Crippen LogP contribution in [0.5, 0.6) is 0 Å². The molecule has 3 aromatic rings. The summed E-state index contributed by atoms with van der Waals surface area (Å²) in [6.45, 7) is 0. The Balaban J connectivity index is 1.82. The summed E-state index contributed by atoms with van der Waals surface area (Å²) in [5.41, 5.74) is 9.74. The van der Waals surface area contributed by atoms with Gasteiger partial charge in [0.05, 0.1) is 5.52 Å². The Kier molecular flexibility index (Phi) is 3.48. The van der Waals surface area contributed by atoms with Crippen molar-refractivity contribution in [3.63, 3.8) is 0 Å². The van der Waals surface area contributed by atoms with Crippen molar-refractivity contribution in [2.75, 3.05) is 0 Å². The van der Waals surface area contributed by atoms with Crippen LogP contribution in [0.2, 0.25) is 0 Å². The average molecular weight is 266 g/mol. The van der Waals surface area contributed by atoms with Gasteiger partial charge in [0.15, 0.2) is 0 Å². The Morgan fingerprint density at radius 3 is 2.80 bits per heavy atom. The molecule has 3 rings (SSSR count). The molecule has 102 valence electrons. The topological polar surface area (TPSA) is 56.7 Å². The van der Waals surface area contributed by atoms with Crippen molar-refractivity contribution in [3.05, 3.63) is 60.0 Å². The van der Waals surface area contributed by atoms with E-state index in [-0.39, 0.29) is 6.04 Å². The fraction of sp³-hybridized carbons (Fsp3) is 0.250. The van der Waals surface area contributed by atoms with E-state index in [0.717, 1.165) is 29.3 Å². The van der Waals surface area contributed by atoms with E-state index in [0.29, 0.717) is 0 Å². The van der Waals surface area contributed by atoms with E-state index in [1.54, 1.807) is 0 Å². The van der Waals surface area contributed by atoms with Crippen molar-refractivity contribution < 1.29 is 0 Å². The van der Waals surface area contributed by atoms with E-state index >= 15 is 0 Å². The minimum absolute atomic E-state index is 0.0119. The summed E-state index contributed by atoms with van der Waals surface area (Å²) >= 11 is 0. The molecule has 0 aliphatic rings. The fourth-order valence-corrected chi connectivity index (χ4v) is 2.55. The number of aryl methyl sites for hydroxylation is 2. The van der Waals surface area contributed by atoms with Crippen molar-refractivity contribution >= 4 is 10.9 Å². The van der Waals surface area contributed by atoms with Crippen LogP contribution in [-0.4, -0.2) is 14.8 Å². The first-order chi connectivity index (χ1) is 9.75. The van der Waals surface area contributed by atoms with Crippen molar-refractivity contribution in [2.45, 2.75) is 18.9 Å².